The van der Waals surface area contributed by atoms with Crippen LogP contribution in [-0.2, 0) is 9.59 Å². The maximum atomic E-state index is 11.0. The van der Waals surface area contributed by atoms with Gasteiger partial charge < -0.3 is 5.11 Å². The number of carbonyl (C=O) groups is 2. The van der Waals surface area contributed by atoms with Crippen LogP contribution in [0, 0.1) is 0 Å². The van der Waals surface area contributed by atoms with Crippen molar-refractivity contribution in [2.75, 3.05) is 0 Å². The molecule has 1 N–H and O–H groups in total. The molecular formula is C9H7BrO3S. The van der Waals surface area contributed by atoms with Gasteiger partial charge in [0.2, 0.25) is 0 Å². The smallest absolute Gasteiger partial charge is 0.373 e. The first kappa shape index (κ1) is 11.3. The van der Waals surface area contributed by atoms with Gasteiger partial charge in [-0.3, -0.25) is 4.79 Å². The highest BCUT2D eigenvalue weighted by Gasteiger charge is 2.22. The third kappa shape index (κ3) is 2.59. The van der Waals surface area contributed by atoms with E-state index < -0.39 is 17.0 Å². The lowest BCUT2D eigenvalue weighted by Crippen LogP contribution is -2.17. The number of thiol groups is 1. The predicted octanol–water partition coefficient (Wildman–Crippen LogP) is 2.07. The standard InChI is InChI=1S/C9H7BrO3S/c10-6-3-1-5(2-4-6)8(14)7(11)9(12)13/h1-4,8,14H,(H,12,13)/t8-/m0/s1. The number of Topliss-reactive ketones (excluding diaryl/α,β-unsaturated/α-hetero) is 1. The second kappa shape index (κ2) is 4.61. The topological polar surface area (TPSA) is 54.4 Å². The predicted molar refractivity (Wildman–Crippen MR) is 58.5 cm³/mol. The van der Waals surface area contributed by atoms with Crippen LogP contribution in [0.25, 0.3) is 0 Å². The lowest BCUT2D eigenvalue weighted by Gasteiger charge is -2.06. The van der Waals surface area contributed by atoms with E-state index in [2.05, 4.69) is 28.6 Å². The van der Waals surface area contributed by atoms with Gasteiger partial charge in [-0.05, 0) is 17.7 Å². The van der Waals surface area contributed by atoms with Gasteiger partial charge in [-0.1, -0.05) is 28.1 Å². The quantitative estimate of drug-likeness (QED) is 0.656. The van der Waals surface area contributed by atoms with Gasteiger partial charge >= 0.3 is 5.97 Å². The molecule has 0 saturated carbocycles. The number of hydrogen-bond acceptors (Lipinski definition) is 3. The van der Waals surface area contributed by atoms with Gasteiger partial charge in [0.15, 0.2) is 0 Å². The minimum atomic E-state index is -1.46. The molecule has 0 bridgehead atoms. The minimum absolute atomic E-state index is 0.573. The van der Waals surface area contributed by atoms with Crippen molar-refractivity contribution in [1.29, 1.82) is 0 Å². The molecule has 0 spiro atoms. The number of carboxylic acid groups (broad SMARTS) is 1. The molecule has 1 aromatic carbocycles. The molecule has 0 amide bonds. The van der Waals surface area contributed by atoms with E-state index in [1.807, 2.05) is 0 Å². The van der Waals surface area contributed by atoms with E-state index in [4.69, 9.17) is 5.11 Å². The summed E-state index contributed by atoms with van der Waals surface area (Å²) in [5.41, 5.74) is 0.573. The van der Waals surface area contributed by atoms with Crippen molar-refractivity contribution in [1.82, 2.24) is 0 Å². The molecule has 0 unspecified atom stereocenters. The van der Waals surface area contributed by atoms with Crippen molar-refractivity contribution < 1.29 is 14.7 Å². The van der Waals surface area contributed by atoms with Crippen molar-refractivity contribution in [2.45, 2.75) is 5.25 Å². The molecule has 14 heavy (non-hydrogen) atoms. The minimum Gasteiger partial charge on any atom is -0.475 e. The Kier molecular flexibility index (Phi) is 3.71. The molecule has 0 radical (unpaired) electrons. The summed E-state index contributed by atoms with van der Waals surface area (Å²) in [5, 5.41) is 7.56. The lowest BCUT2D eigenvalue weighted by atomic mass is 10.1. The van der Waals surface area contributed by atoms with Crippen LogP contribution in [0.5, 0.6) is 0 Å². The number of aliphatic carboxylic acids is 1. The number of carbonyl (C=O) groups excluding carboxylic acids is 1. The van der Waals surface area contributed by atoms with Crippen LogP contribution in [-0.4, -0.2) is 16.9 Å². The molecule has 0 aliphatic heterocycles. The summed E-state index contributed by atoms with van der Waals surface area (Å²) in [4.78, 5) is 21.4. The Hall–Kier alpha value is -0.810. The number of halogens is 1. The zero-order valence-corrected chi connectivity index (χ0v) is 9.46. The van der Waals surface area contributed by atoms with E-state index in [1.54, 1.807) is 24.3 Å². The molecule has 5 heteroatoms. The fraction of sp³-hybridized carbons (Fsp3) is 0.111. The Bertz CT molecular complexity index is 361. The van der Waals surface area contributed by atoms with Gasteiger partial charge in [-0.25, -0.2) is 4.79 Å². The van der Waals surface area contributed by atoms with Crippen molar-refractivity contribution in [3.05, 3.63) is 34.3 Å². The first-order valence-corrected chi connectivity index (χ1v) is 5.04. The highest BCUT2D eigenvalue weighted by Crippen LogP contribution is 2.22. The Balaban J connectivity index is 2.89. The van der Waals surface area contributed by atoms with Gasteiger partial charge in [-0.15, -0.1) is 0 Å². The van der Waals surface area contributed by atoms with Crippen LogP contribution in [0.2, 0.25) is 0 Å². The zero-order chi connectivity index (χ0) is 10.7. The van der Waals surface area contributed by atoms with Crippen molar-refractivity contribution >= 4 is 40.3 Å². The number of ketones is 1. The van der Waals surface area contributed by atoms with E-state index >= 15 is 0 Å². The van der Waals surface area contributed by atoms with Gasteiger partial charge in [0.1, 0.15) is 0 Å². The van der Waals surface area contributed by atoms with Crippen LogP contribution in [0.4, 0.5) is 0 Å². The average molecular weight is 275 g/mol. The Morgan fingerprint density at radius 3 is 2.21 bits per heavy atom. The number of benzene rings is 1. The summed E-state index contributed by atoms with van der Waals surface area (Å²) in [7, 11) is 0. The normalized spacial score (nSPS) is 12.1. The largest absolute Gasteiger partial charge is 0.475 e. The monoisotopic (exact) mass is 274 g/mol. The summed E-state index contributed by atoms with van der Waals surface area (Å²) in [6.07, 6.45) is 0. The lowest BCUT2D eigenvalue weighted by molar-refractivity contribution is -0.148. The summed E-state index contributed by atoms with van der Waals surface area (Å²) in [6.45, 7) is 0. The third-order valence-corrected chi connectivity index (χ3v) is 2.71. The second-order valence-corrected chi connectivity index (χ2v) is 4.06. The molecule has 74 valence electrons. The van der Waals surface area contributed by atoms with Crippen molar-refractivity contribution in [2.24, 2.45) is 0 Å². The number of rotatable bonds is 3. The van der Waals surface area contributed by atoms with Crippen LogP contribution in [0.1, 0.15) is 10.8 Å². The molecule has 0 aliphatic carbocycles. The van der Waals surface area contributed by atoms with Crippen LogP contribution in [0.15, 0.2) is 28.7 Å². The van der Waals surface area contributed by atoms with Crippen LogP contribution >= 0.6 is 28.6 Å². The number of hydrogen-bond donors (Lipinski definition) is 2. The van der Waals surface area contributed by atoms with Crippen molar-refractivity contribution in [3.63, 3.8) is 0 Å². The molecule has 3 nitrogen and oxygen atoms in total. The SMILES string of the molecule is O=C(O)C(=O)[C@@H](S)c1ccc(Br)cc1. The van der Waals surface area contributed by atoms with Crippen molar-refractivity contribution in [3.8, 4) is 0 Å². The maximum Gasteiger partial charge on any atom is 0.373 e. The molecule has 0 aromatic heterocycles. The summed E-state index contributed by atoms with van der Waals surface area (Å²) in [5.74, 6) is -2.39. The third-order valence-electron chi connectivity index (χ3n) is 1.64. The summed E-state index contributed by atoms with van der Waals surface area (Å²) in [6, 6.07) is 6.77. The van der Waals surface area contributed by atoms with Gasteiger partial charge in [-0.2, -0.15) is 12.6 Å². The number of carboxylic acids is 1. The molecule has 1 rings (SSSR count). The summed E-state index contributed by atoms with van der Waals surface area (Å²) >= 11 is 7.18. The zero-order valence-electron chi connectivity index (χ0n) is 6.98. The first-order valence-electron chi connectivity index (χ1n) is 3.73. The summed E-state index contributed by atoms with van der Waals surface area (Å²) < 4.78 is 0.865. The molecule has 0 saturated heterocycles. The van der Waals surface area contributed by atoms with Gasteiger partial charge in [0.05, 0.1) is 5.25 Å². The van der Waals surface area contributed by atoms with Crippen LogP contribution in [0.3, 0.4) is 0 Å². The van der Waals surface area contributed by atoms with E-state index in [9.17, 15) is 9.59 Å². The van der Waals surface area contributed by atoms with Crippen LogP contribution < -0.4 is 0 Å². The molecular weight excluding hydrogens is 268 g/mol. The van der Waals surface area contributed by atoms with E-state index in [0.29, 0.717) is 5.56 Å². The maximum absolute atomic E-state index is 11.0. The fourth-order valence-corrected chi connectivity index (χ4v) is 1.46. The van der Waals surface area contributed by atoms with E-state index in [1.165, 1.54) is 0 Å². The fourth-order valence-electron chi connectivity index (χ4n) is 0.913. The van der Waals surface area contributed by atoms with E-state index in [-0.39, 0.29) is 0 Å². The first-order chi connectivity index (χ1) is 6.52. The molecule has 1 aromatic rings. The highest BCUT2D eigenvalue weighted by molar-refractivity contribution is 9.10. The molecule has 0 heterocycles. The average Bonchev–Trinajstić information content (AvgIpc) is 2.16. The molecule has 1 atom stereocenters. The second-order valence-electron chi connectivity index (χ2n) is 2.62. The van der Waals surface area contributed by atoms with Gasteiger partial charge in [0, 0.05) is 4.47 Å². The molecule has 0 fully saturated rings. The van der Waals surface area contributed by atoms with E-state index in [0.717, 1.165) is 4.47 Å². The Morgan fingerprint density at radius 2 is 1.79 bits per heavy atom. The van der Waals surface area contributed by atoms with Gasteiger partial charge in [0.25, 0.3) is 5.78 Å². The highest BCUT2D eigenvalue weighted by atomic mass is 79.9. The Morgan fingerprint density at radius 1 is 1.29 bits per heavy atom. The molecule has 0 aliphatic rings. The Labute approximate surface area is 94.7 Å².